The summed E-state index contributed by atoms with van der Waals surface area (Å²) in [6.45, 7) is 6.16. The van der Waals surface area contributed by atoms with Crippen LogP contribution in [-0.2, 0) is 29.4 Å². The highest BCUT2D eigenvalue weighted by Gasteiger charge is 2.25. The van der Waals surface area contributed by atoms with Crippen LogP contribution in [-0.4, -0.2) is 18.2 Å². The molecule has 0 amide bonds. The van der Waals surface area contributed by atoms with Crippen LogP contribution in [0.15, 0.2) is 23.1 Å². The van der Waals surface area contributed by atoms with Gasteiger partial charge in [0.15, 0.2) is 0 Å². The average Bonchev–Trinajstić information content (AvgIpc) is 2.82. The van der Waals surface area contributed by atoms with Gasteiger partial charge in [-0.2, -0.15) is 5.10 Å². The van der Waals surface area contributed by atoms with Gasteiger partial charge in [-0.25, -0.2) is 8.42 Å². The summed E-state index contributed by atoms with van der Waals surface area (Å²) in [5.74, 6) is 0. The molecule has 2 aromatic rings. The van der Waals surface area contributed by atoms with E-state index in [9.17, 15) is 8.42 Å². The number of rotatable bonds is 4. The molecule has 1 aliphatic rings. The average molecular weight is 333 g/mol. The Labute approximate surface area is 137 Å². The molecule has 124 valence electrons. The van der Waals surface area contributed by atoms with Crippen LogP contribution >= 0.6 is 0 Å². The molecule has 5 nitrogen and oxygen atoms in total. The molecule has 1 aromatic heterocycles. The van der Waals surface area contributed by atoms with Gasteiger partial charge in [0, 0.05) is 6.54 Å². The summed E-state index contributed by atoms with van der Waals surface area (Å²) >= 11 is 0. The molecule has 23 heavy (non-hydrogen) atoms. The van der Waals surface area contributed by atoms with Crippen molar-refractivity contribution in [1.29, 1.82) is 0 Å². The summed E-state index contributed by atoms with van der Waals surface area (Å²) in [5, 5.41) is 4.32. The Morgan fingerprint density at radius 3 is 2.65 bits per heavy atom. The van der Waals surface area contributed by atoms with Crippen LogP contribution in [0.25, 0.3) is 0 Å². The van der Waals surface area contributed by atoms with Crippen LogP contribution in [0.4, 0.5) is 5.69 Å². The largest absolute Gasteiger partial charge is 0.279 e. The first kappa shape index (κ1) is 16.1. The van der Waals surface area contributed by atoms with Crippen molar-refractivity contribution in [1.82, 2.24) is 9.78 Å². The highest BCUT2D eigenvalue weighted by molar-refractivity contribution is 7.92. The minimum absolute atomic E-state index is 0.299. The summed E-state index contributed by atoms with van der Waals surface area (Å²) in [6.07, 6.45) is 4.24. The van der Waals surface area contributed by atoms with Crippen LogP contribution in [0.2, 0.25) is 0 Å². The highest BCUT2D eigenvalue weighted by atomic mass is 32.2. The number of aromatic nitrogens is 2. The van der Waals surface area contributed by atoms with E-state index in [2.05, 4.69) is 15.9 Å². The summed E-state index contributed by atoms with van der Waals surface area (Å²) in [7, 11) is -3.63. The molecule has 0 spiro atoms. The van der Waals surface area contributed by atoms with E-state index < -0.39 is 10.0 Å². The second-order valence-electron chi connectivity index (χ2n) is 6.07. The van der Waals surface area contributed by atoms with Gasteiger partial charge in [0.05, 0.1) is 17.1 Å². The zero-order chi connectivity index (χ0) is 16.6. The van der Waals surface area contributed by atoms with Crippen molar-refractivity contribution in [2.45, 2.75) is 57.9 Å². The van der Waals surface area contributed by atoms with E-state index in [4.69, 9.17) is 0 Å². The van der Waals surface area contributed by atoms with Crippen LogP contribution < -0.4 is 4.72 Å². The summed E-state index contributed by atoms with van der Waals surface area (Å²) in [4.78, 5) is 0.299. The molecule has 1 aromatic carbocycles. The topological polar surface area (TPSA) is 64.0 Å². The second kappa shape index (κ2) is 6.00. The van der Waals surface area contributed by atoms with Crippen molar-refractivity contribution in [3.05, 3.63) is 40.7 Å². The Morgan fingerprint density at radius 1 is 1.22 bits per heavy atom. The molecule has 0 atom stereocenters. The van der Waals surface area contributed by atoms with Gasteiger partial charge in [-0.3, -0.25) is 9.40 Å². The molecule has 0 saturated carbocycles. The van der Waals surface area contributed by atoms with Gasteiger partial charge in [-0.1, -0.05) is 12.1 Å². The van der Waals surface area contributed by atoms with Gasteiger partial charge in [0.25, 0.3) is 10.0 Å². The lowest BCUT2D eigenvalue weighted by Crippen LogP contribution is -2.17. The van der Waals surface area contributed by atoms with Crippen molar-refractivity contribution in [2.24, 2.45) is 0 Å². The lowest BCUT2D eigenvalue weighted by atomic mass is 9.91. The minimum Gasteiger partial charge on any atom is -0.279 e. The van der Waals surface area contributed by atoms with Crippen molar-refractivity contribution in [2.75, 3.05) is 4.72 Å². The Balaban J connectivity index is 2.01. The first-order chi connectivity index (χ1) is 10.9. The zero-order valence-corrected chi connectivity index (χ0v) is 14.7. The third kappa shape index (κ3) is 2.87. The predicted octanol–water partition coefficient (Wildman–Crippen LogP) is 3.20. The summed E-state index contributed by atoms with van der Waals surface area (Å²) in [5.41, 5.74) is 4.34. The van der Waals surface area contributed by atoms with Gasteiger partial charge in [0.2, 0.25) is 0 Å². The quantitative estimate of drug-likeness (QED) is 0.934. The molecule has 0 unspecified atom stereocenters. The molecule has 0 radical (unpaired) electrons. The van der Waals surface area contributed by atoms with E-state index in [1.165, 1.54) is 12.0 Å². The fourth-order valence-electron chi connectivity index (χ4n) is 3.45. The number of anilines is 1. The third-order valence-corrected chi connectivity index (χ3v) is 6.14. The van der Waals surface area contributed by atoms with E-state index in [0.29, 0.717) is 28.5 Å². The van der Waals surface area contributed by atoms with Gasteiger partial charge in [0.1, 0.15) is 4.90 Å². The molecule has 1 heterocycles. The Hall–Kier alpha value is -1.82. The SMILES string of the molecule is CCn1nc(C)c(S(=O)(=O)Nc2cccc3c2CCCC3)c1C. The monoisotopic (exact) mass is 333 g/mol. The van der Waals surface area contributed by atoms with Gasteiger partial charge >= 0.3 is 0 Å². The summed E-state index contributed by atoms with van der Waals surface area (Å²) in [6, 6.07) is 5.88. The number of sulfonamides is 1. The van der Waals surface area contributed by atoms with E-state index in [-0.39, 0.29) is 0 Å². The van der Waals surface area contributed by atoms with E-state index in [0.717, 1.165) is 24.8 Å². The molecule has 3 rings (SSSR count). The van der Waals surface area contributed by atoms with Crippen molar-refractivity contribution < 1.29 is 8.42 Å². The maximum absolute atomic E-state index is 12.9. The first-order valence-electron chi connectivity index (χ1n) is 8.11. The smallest absolute Gasteiger partial charge is 0.265 e. The number of fused-ring (bicyclic) bond motifs is 1. The van der Waals surface area contributed by atoms with E-state index >= 15 is 0 Å². The number of hydrogen-bond acceptors (Lipinski definition) is 3. The number of nitrogens with zero attached hydrogens (tertiary/aromatic N) is 2. The maximum Gasteiger partial charge on any atom is 0.265 e. The van der Waals surface area contributed by atoms with Crippen molar-refractivity contribution in [3.63, 3.8) is 0 Å². The van der Waals surface area contributed by atoms with Gasteiger partial charge < -0.3 is 0 Å². The standard InChI is InChI=1S/C17H23N3O2S/c1-4-20-13(3)17(12(2)18-20)23(21,22)19-16-11-7-9-14-8-5-6-10-15(14)16/h7,9,11,19H,4-6,8,10H2,1-3H3. The lowest BCUT2D eigenvalue weighted by molar-refractivity contribution is 0.598. The third-order valence-electron chi connectivity index (χ3n) is 4.52. The van der Waals surface area contributed by atoms with Crippen molar-refractivity contribution in [3.8, 4) is 0 Å². The van der Waals surface area contributed by atoms with E-state index in [1.54, 1.807) is 18.5 Å². The predicted molar refractivity (Wildman–Crippen MR) is 91.3 cm³/mol. The first-order valence-corrected chi connectivity index (χ1v) is 9.60. The molecule has 1 aliphatic carbocycles. The van der Waals surface area contributed by atoms with Gasteiger partial charge in [-0.05, 0) is 63.6 Å². The van der Waals surface area contributed by atoms with E-state index in [1.807, 2.05) is 19.1 Å². The fourth-order valence-corrected chi connectivity index (χ4v) is 4.96. The molecule has 1 N–H and O–H groups in total. The maximum atomic E-state index is 12.9. The fraction of sp³-hybridized carbons (Fsp3) is 0.471. The lowest BCUT2D eigenvalue weighted by Gasteiger charge is -2.20. The second-order valence-corrected chi connectivity index (χ2v) is 7.69. The van der Waals surface area contributed by atoms with Gasteiger partial charge in [-0.15, -0.1) is 0 Å². The molecule has 0 saturated heterocycles. The van der Waals surface area contributed by atoms with Crippen LogP contribution in [0.3, 0.4) is 0 Å². The van der Waals surface area contributed by atoms with Crippen LogP contribution in [0.1, 0.15) is 42.3 Å². The molecular weight excluding hydrogens is 310 g/mol. The highest BCUT2D eigenvalue weighted by Crippen LogP contribution is 2.30. The van der Waals surface area contributed by atoms with Crippen LogP contribution in [0.5, 0.6) is 0 Å². The van der Waals surface area contributed by atoms with Crippen molar-refractivity contribution >= 4 is 15.7 Å². The molecule has 0 fully saturated rings. The normalized spacial score (nSPS) is 14.6. The van der Waals surface area contributed by atoms with Crippen LogP contribution in [0, 0.1) is 13.8 Å². The Kier molecular flexibility index (Phi) is 4.19. The number of nitrogens with one attached hydrogen (secondary N) is 1. The molecule has 0 bridgehead atoms. The molecule has 6 heteroatoms. The minimum atomic E-state index is -3.63. The zero-order valence-electron chi connectivity index (χ0n) is 13.9. The number of hydrogen-bond donors (Lipinski definition) is 1. The molecule has 0 aliphatic heterocycles. The number of benzene rings is 1. The number of aryl methyl sites for hydroxylation is 3. The molecular formula is C17H23N3O2S. The Bertz CT molecular complexity index is 838. The summed E-state index contributed by atoms with van der Waals surface area (Å²) < 4.78 is 30.3. The Morgan fingerprint density at radius 2 is 1.96 bits per heavy atom.